The molecule has 0 aromatic heterocycles. The van der Waals surface area contributed by atoms with Crippen LogP contribution in [0.2, 0.25) is 0 Å². The summed E-state index contributed by atoms with van der Waals surface area (Å²) in [7, 11) is 0. The number of rotatable bonds is 3. The second-order valence-corrected chi connectivity index (χ2v) is 3.92. The highest BCUT2D eigenvalue weighted by atomic mass is 16.2. The number of likely N-dealkylation sites (tertiary alicyclic amines) is 1. The second kappa shape index (κ2) is 5.58. The van der Waals surface area contributed by atoms with Gasteiger partial charge in [-0.3, -0.25) is 9.79 Å². The maximum absolute atomic E-state index is 11.6. The van der Waals surface area contributed by atoms with Crippen LogP contribution >= 0.6 is 0 Å². The van der Waals surface area contributed by atoms with Crippen LogP contribution in [0.15, 0.2) is 4.99 Å². The summed E-state index contributed by atoms with van der Waals surface area (Å²) in [5, 5.41) is 0. The van der Waals surface area contributed by atoms with Crippen molar-refractivity contribution in [2.45, 2.75) is 38.6 Å². The van der Waals surface area contributed by atoms with Crippen molar-refractivity contribution in [2.75, 3.05) is 13.1 Å². The van der Waals surface area contributed by atoms with Crippen molar-refractivity contribution >= 4 is 11.9 Å². The Morgan fingerprint density at radius 2 is 2.00 bits per heavy atom. The molecule has 0 aromatic carbocycles. The lowest BCUT2D eigenvalue weighted by Crippen LogP contribution is -2.40. The van der Waals surface area contributed by atoms with E-state index in [-0.39, 0.29) is 17.9 Å². The van der Waals surface area contributed by atoms with Gasteiger partial charge in [-0.2, -0.15) is 0 Å². The van der Waals surface area contributed by atoms with E-state index < -0.39 is 0 Å². The fourth-order valence-corrected chi connectivity index (χ4v) is 1.83. The van der Waals surface area contributed by atoms with Crippen molar-refractivity contribution in [1.82, 2.24) is 4.90 Å². The minimum Gasteiger partial charge on any atom is -0.370 e. The summed E-state index contributed by atoms with van der Waals surface area (Å²) in [6.07, 6.45) is 3.29. The van der Waals surface area contributed by atoms with E-state index in [1.54, 1.807) is 0 Å². The first kappa shape index (κ1) is 11.8. The molecular weight excluding hydrogens is 192 g/mol. The fraction of sp³-hybridized carbons (Fsp3) is 0.800. The van der Waals surface area contributed by atoms with E-state index in [0.717, 1.165) is 32.4 Å². The molecule has 0 saturated carbocycles. The van der Waals surface area contributed by atoms with Gasteiger partial charge < -0.3 is 16.4 Å². The highest BCUT2D eigenvalue weighted by molar-refractivity contribution is 5.76. The van der Waals surface area contributed by atoms with Crippen LogP contribution in [-0.2, 0) is 4.79 Å². The van der Waals surface area contributed by atoms with Crippen molar-refractivity contribution in [1.29, 1.82) is 0 Å². The van der Waals surface area contributed by atoms with Gasteiger partial charge in [0.05, 0.1) is 6.04 Å². The maximum Gasteiger partial charge on any atom is 0.222 e. The summed E-state index contributed by atoms with van der Waals surface area (Å²) in [5.74, 6) is 0.397. The van der Waals surface area contributed by atoms with E-state index >= 15 is 0 Å². The van der Waals surface area contributed by atoms with E-state index in [1.165, 1.54) is 0 Å². The van der Waals surface area contributed by atoms with Crippen molar-refractivity contribution in [3.63, 3.8) is 0 Å². The number of hydrogen-bond donors (Lipinski definition) is 2. The average Bonchev–Trinajstić information content (AvgIpc) is 2.18. The minimum atomic E-state index is 0.147. The number of piperidine rings is 1. The highest BCUT2D eigenvalue weighted by Gasteiger charge is 2.21. The molecule has 86 valence electrons. The van der Waals surface area contributed by atoms with E-state index in [2.05, 4.69) is 4.99 Å². The molecule has 4 N–H and O–H groups in total. The normalized spacial score (nSPS) is 17.5. The Bertz CT molecular complexity index is 240. The quantitative estimate of drug-likeness (QED) is 0.512. The molecule has 1 aliphatic heterocycles. The zero-order valence-electron chi connectivity index (χ0n) is 9.28. The summed E-state index contributed by atoms with van der Waals surface area (Å²) in [6.45, 7) is 3.57. The van der Waals surface area contributed by atoms with Gasteiger partial charge in [0.2, 0.25) is 5.91 Å². The van der Waals surface area contributed by atoms with Gasteiger partial charge in [-0.15, -0.1) is 0 Å². The summed E-state index contributed by atoms with van der Waals surface area (Å²) in [4.78, 5) is 17.6. The summed E-state index contributed by atoms with van der Waals surface area (Å²) >= 11 is 0. The molecule has 0 bridgehead atoms. The van der Waals surface area contributed by atoms with Crippen LogP contribution in [0, 0.1) is 0 Å². The van der Waals surface area contributed by atoms with Crippen LogP contribution in [0.1, 0.15) is 32.6 Å². The summed E-state index contributed by atoms with van der Waals surface area (Å²) < 4.78 is 0. The first-order chi connectivity index (χ1) is 7.13. The third-order valence-electron chi connectivity index (χ3n) is 2.61. The van der Waals surface area contributed by atoms with Crippen molar-refractivity contribution < 1.29 is 4.79 Å². The first-order valence-electron chi connectivity index (χ1n) is 5.50. The predicted molar refractivity (Wildman–Crippen MR) is 60.3 cm³/mol. The number of nitrogens with two attached hydrogens (primary N) is 2. The molecular formula is C10H20N4O. The molecule has 5 heteroatoms. The number of guanidine groups is 1. The van der Waals surface area contributed by atoms with E-state index in [0.29, 0.717) is 6.42 Å². The lowest BCUT2D eigenvalue weighted by atomic mass is 10.1. The van der Waals surface area contributed by atoms with Crippen LogP contribution in [0.3, 0.4) is 0 Å². The van der Waals surface area contributed by atoms with Gasteiger partial charge >= 0.3 is 0 Å². The molecule has 0 spiro atoms. The Hall–Kier alpha value is -1.26. The lowest BCUT2D eigenvalue weighted by Gasteiger charge is -2.30. The summed E-state index contributed by atoms with van der Waals surface area (Å²) in [6, 6.07) is 0.195. The molecule has 1 saturated heterocycles. The number of amides is 1. The molecule has 0 atom stereocenters. The first-order valence-corrected chi connectivity index (χ1v) is 5.50. The van der Waals surface area contributed by atoms with Gasteiger partial charge in [0.1, 0.15) is 0 Å². The van der Waals surface area contributed by atoms with Gasteiger partial charge in [-0.05, 0) is 19.3 Å². The zero-order chi connectivity index (χ0) is 11.3. The molecule has 1 amide bonds. The largest absolute Gasteiger partial charge is 0.370 e. The molecule has 15 heavy (non-hydrogen) atoms. The van der Waals surface area contributed by atoms with Crippen molar-refractivity contribution in [3.8, 4) is 0 Å². The molecule has 0 aliphatic carbocycles. The van der Waals surface area contributed by atoms with Crippen LogP contribution in [-0.4, -0.2) is 35.9 Å². The third kappa shape index (κ3) is 3.77. The van der Waals surface area contributed by atoms with Crippen molar-refractivity contribution in [3.05, 3.63) is 0 Å². The Kier molecular flexibility index (Phi) is 4.39. The molecule has 0 radical (unpaired) electrons. The van der Waals surface area contributed by atoms with Crippen LogP contribution in [0.5, 0.6) is 0 Å². The Balaban J connectivity index is 2.35. The molecule has 1 rings (SSSR count). The topological polar surface area (TPSA) is 84.7 Å². The van der Waals surface area contributed by atoms with Crippen LogP contribution in [0.4, 0.5) is 0 Å². The lowest BCUT2D eigenvalue weighted by molar-refractivity contribution is -0.132. The van der Waals surface area contributed by atoms with Gasteiger partial charge in [0.25, 0.3) is 0 Å². The monoisotopic (exact) mass is 212 g/mol. The average molecular weight is 212 g/mol. The van der Waals surface area contributed by atoms with Crippen molar-refractivity contribution in [2.24, 2.45) is 16.5 Å². The van der Waals surface area contributed by atoms with Crippen LogP contribution in [0.25, 0.3) is 0 Å². The highest BCUT2D eigenvalue weighted by Crippen LogP contribution is 2.14. The van der Waals surface area contributed by atoms with E-state index in [1.807, 2.05) is 11.8 Å². The van der Waals surface area contributed by atoms with E-state index in [9.17, 15) is 4.79 Å². The molecule has 1 fully saturated rings. The SMILES string of the molecule is CCCC(=O)N1CCC(N=C(N)N)CC1. The van der Waals surface area contributed by atoms with Gasteiger partial charge in [-0.1, -0.05) is 6.92 Å². The maximum atomic E-state index is 11.6. The Labute approximate surface area is 90.5 Å². The molecule has 5 nitrogen and oxygen atoms in total. The second-order valence-electron chi connectivity index (χ2n) is 3.92. The van der Waals surface area contributed by atoms with Gasteiger partial charge in [0.15, 0.2) is 5.96 Å². The Morgan fingerprint density at radius 3 is 2.47 bits per heavy atom. The molecule has 0 unspecified atom stereocenters. The number of nitrogens with zero attached hydrogens (tertiary/aromatic N) is 2. The summed E-state index contributed by atoms with van der Waals surface area (Å²) in [5.41, 5.74) is 10.6. The number of carbonyl (C=O) groups excluding carboxylic acids is 1. The third-order valence-corrected chi connectivity index (χ3v) is 2.61. The van der Waals surface area contributed by atoms with E-state index in [4.69, 9.17) is 11.5 Å². The standard InChI is InChI=1S/C10H20N4O/c1-2-3-9(15)14-6-4-8(5-7-14)13-10(11)12/h8H,2-7H2,1H3,(H4,11,12,13). The predicted octanol–water partition coefficient (Wildman–Crippen LogP) is 0.0509. The Morgan fingerprint density at radius 1 is 1.40 bits per heavy atom. The minimum absolute atomic E-state index is 0.147. The fourth-order valence-electron chi connectivity index (χ4n) is 1.83. The van der Waals surface area contributed by atoms with Gasteiger partial charge in [-0.25, -0.2) is 0 Å². The zero-order valence-corrected chi connectivity index (χ0v) is 9.28. The molecule has 0 aromatic rings. The number of aliphatic imine (C=N–C) groups is 1. The number of carbonyl (C=O) groups is 1. The molecule has 1 aliphatic rings. The number of hydrogen-bond acceptors (Lipinski definition) is 2. The van der Waals surface area contributed by atoms with Gasteiger partial charge in [0, 0.05) is 19.5 Å². The molecule has 1 heterocycles. The smallest absolute Gasteiger partial charge is 0.222 e. The van der Waals surface area contributed by atoms with Crippen LogP contribution < -0.4 is 11.5 Å².